The quantitative estimate of drug-likeness (QED) is 0.904. The summed E-state index contributed by atoms with van der Waals surface area (Å²) in [6.45, 7) is 2.44. The van der Waals surface area contributed by atoms with E-state index in [1.165, 1.54) is 0 Å². The van der Waals surface area contributed by atoms with Crippen LogP contribution in [-0.4, -0.2) is 20.8 Å². The Labute approximate surface area is 124 Å². The van der Waals surface area contributed by atoms with Crippen LogP contribution in [0.25, 0.3) is 5.65 Å². The van der Waals surface area contributed by atoms with Gasteiger partial charge in [0.05, 0.1) is 18.2 Å². The Morgan fingerprint density at radius 3 is 3.14 bits per heavy atom. The van der Waals surface area contributed by atoms with Gasteiger partial charge in [-0.1, -0.05) is 18.9 Å². The summed E-state index contributed by atoms with van der Waals surface area (Å²) in [4.78, 5) is 16.9. The molecule has 5 nitrogen and oxygen atoms in total. The maximum Gasteiger partial charge on any atom is 0.225 e. The molecule has 3 rings (SSSR count). The van der Waals surface area contributed by atoms with E-state index in [9.17, 15) is 4.79 Å². The van der Waals surface area contributed by atoms with E-state index < -0.39 is 0 Å². The van der Waals surface area contributed by atoms with Crippen molar-refractivity contribution >= 4 is 11.6 Å². The largest absolute Gasteiger partial charge is 0.350 e. The number of nitrogens with zero attached hydrogens (tertiary/aromatic N) is 2. The number of imidazole rings is 1. The van der Waals surface area contributed by atoms with Crippen LogP contribution < -0.4 is 11.1 Å². The van der Waals surface area contributed by atoms with Crippen molar-refractivity contribution in [3.63, 3.8) is 0 Å². The van der Waals surface area contributed by atoms with Crippen LogP contribution >= 0.6 is 0 Å². The molecule has 2 aromatic heterocycles. The van der Waals surface area contributed by atoms with Gasteiger partial charge in [0.25, 0.3) is 0 Å². The summed E-state index contributed by atoms with van der Waals surface area (Å²) in [7, 11) is 0. The van der Waals surface area contributed by atoms with Crippen molar-refractivity contribution in [3.05, 3.63) is 36.3 Å². The normalized spacial score (nSPS) is 25.9. The smallest absolute Gasteiger partial charge is 0.225 e. The van der Waals surface area contributed by atoms with Gasteiger partial charge in [0.1, 0.15) is 5.65 Å². The zero-order chi connectivity index (χ0) is 14.9. The second-order valence-corrected chi connectivity index (χ2v) is 6.22. The average molecular weight is 286 g/mol. The fraction of sp³-hybridized carbons (Fsp3) is 0.500. The number of fused-ring (bicyclic) bond motifs is 1. The summed E-state index contributed by atoms with van der Waals surface area (Å²) >= 11 is 0. The maximum atomic E-state index is 12.4. The second kappa shape index (κ2) is 5.48. The number of hydrogen-bond acceptors (Lipinski definition) is 3. The highest BCUT2D eigenvalue weighted by atomic mass is 16.1. The summed E-state index contributed by atoms with van der Waals surface area (Å²) < 4.78 is 1.95. The van der Waals surface area contributed by atoms with E-state index in [2.05, 4.69) is 10.3 Å². The Morgan fingerprint density at radius 2 is 2.38 bits per heavy atom. The third-order valence-electron chi connectivity index (χ3n) is 4.43. The molecule has 2 heterocycles. The van der Waals surface area contributed by atoms with Crippen LogP contribution in [0, 0.1) is 5.92 Å². The second-order valence-electron chi connectivity index (χ2n) is 6.22. The van der Waals surface area contributed by atoms with Gasteiger partial charge in [-0.3, -0.25) is 4.79 Å². The molecular formula is C16H22N4O. The molecule has 1 aliphatic carbocycles. The molecule has 1 saturated carbocycles. The van der Waals surface area contributed by atoms with E-state index in [1.54, 1.807) is 0 Å². The zero-order valence-electron chi connectivity index (χ0n) is 12.4. The molecule has 0 spiro atoms. The minimum Gasteiger partial charge on any atom is -0.350 e. The van der Waals surface area contributed by atoms with E-state index in [0.29, 0.717) is 6.54 Å². The molecule has 0 aliphatic heterocycles. The van der Waals surface area contributed by atoms with Gasteiger partial charge in [-0.2, -0.15) is 0 Å². The van der Waals surface area contributed by atoms with Gasteiger partial charge in [0.15, 0.2) is 0 Å². The molecule has 1 amide bonds. The lowest BCUT2D eigenvalue weighted by Crippen LogP contribution is -2.52. The first-order valence-corrected chi connectivity index (χ1v) is 7.55. The molecule has 112 valence electrons. The minimum atomic E-state index is -0.388. The van der Waals surface area contributed by atoms with Gasteiger partial charge in [-0.05, 0) is 31.9 Å². The fourth-order valence-corrected chi connectivity index (χ4v) is 3.16. The van der Waals surface area contributed by atoms with Crippen LogP contribution in [0.2, 0.25) is 0 Å². The van der Waals surface area contributed by atoms with Crippen molar-refractivity contribution in [2.24, 2.45) is 11.7 Å². The lowest BCUT2D eigenvalue weighted by molar-refractivity contribution is -0.128. The maximum absolute atomic E-state index is 12.4. The van der Waals surface area contributed by atoms with Crippen molar-refractivity contribution in [2.45, 2.75) is 44.7 Å². The van der Waals surface area contributed by atoms with Gasteiger partial charge in [0.2, 0.25) is 5.91 Å². The molecule has 0 radical (unpaired) electrons. The van der Waals surface area contributed by atoms with Crippen LogP contribution in [0.3, 0.4) is 0 Å². The Bertz CT molecular complexity index is 614. The molecule has 21 heavy (non-hydrogen) atoms. The minimum absolute atomic E-state index is 0.0526. The Kier molecular flexibility index (Phi) is 3.68. The highest BCUT2D eigenvalue weighted by Gasteiger charge is 2.37. The van der Waals surface area contributed by atoms with Gasteiger partial charge in [0, 0.05) is 17.9 Å². The number of amides is 1. The molecule has 1 fully saturated rings. The number of aromatic nitrogens is 2. The summed E-state index contributed by atoms with van der Waals surface area (Å²) in [5, 5.41) is 2.99. The Morgan fingerprint density at radius 1 is 1.52 bits per heavy atom. The van der Waals surface area contributed by atoms with Crippen molar-refractivity contribution in [3.8, 4) is 0 Å². The third-order valence-corrected chi connectivity index (χ3v) is 4.43. The highest BCUT2D eigenvalue weighted by molar-refractivity contribution is 5.80. The molecule has 0 bridgehead atoms. The standard InChI is InChI=1S/C16H22N4O/c1-16(17)8-4-2-6-13(16)15(21)18-10-12-11-20-9-5-3-7-14(20)19-12/h3,5,7,9,11,13H,2,4,6,8,10,17H2,1H3,(H,18,21). The van der Waals surface area contributed by atoms with Crippen molar-refractivity contribution in [1.29, 1.82) is 0 Å². The number of nitrogens with two attached hydrogens (primary N) is 1. The molecule has 1 aliphatic rings. The molecule has 2 aromatic rings. The Balaban J connectivity index is 1.65. The number of nitrogens with one attached hydrogen (secondary N) is 1. The number of pyridine rings is 1. The van der Waals surface area contributed by atoms with Crippen LogP contribution in [0.5, 0.6) is 0 Å². The lowest BCUT2D eigenvalue weighted by atomic mass is 9.74. The van der Waals surface area contributed by atoms with Crippen molar-refractivity contribution in [2.75, 3.05) is 0 Å². The van der Waals surface area contributed by atoms with Crippen LogP contribution in [0.1, 0.15) is 38.3 Å². The topological polar surface area (TPSA) is 72.4 Å². The van der Waals surface area contributed by atoms with Gasteiger partial charge in [-0.15, -0.1) is 0 Å². The zero-order valence-corrected chi connectivity index (χ0v) is 12.4. The van der Waals surface area contributed by atoms with E-state index >= 15 is 0 Å². The van der Waals surface area contributed by atoms with Crippen molar-refractivity contribution in [1.82, 2.24) is 14.7 Å². The predicted molar refractivity (Wildman–Crippen MR) is 81.6 cm³/mol. The molecule has 0 aromatic carbocycles. The van der Waals surface area contributed by atoms with Gasteiger partial charge >= 0.3 is 0 Å². The summed E-state index contributed by atoms with van der Waals surface area (Å²) in [5.41, 5.74) is 7.64. The predicted octanol–water partition coefficient (Wildman–Crippen LogP) is 1.86. The highest BCUT2D eigenvalue weighted by Crippen LogP contribution is 2.31. The van der Waals surface area contributed by atoms with Crippen LogP contribution in [0.4, 0.5) is 0 Å². The van der Waals surface area contributed by atoms with E-state index in [-0.39, 0.29) is 17.4 Å². The van der Waals surface area contributed by atoms with Gasteiger partial charge in [-0.25, -0.2) is 4.98 Å². The molecule has 2 unspecified atom stereocenters. The van der Waals surface area contributed by atoms with E-state index in [4.69, 9.17) is 5.73 Å². The monoisotopic (exact) mass is 286 g/mol. The first kappa shape index (κ1) is 14.1. The van der Waals surface area contributed by atoms with Gasteiger partial charge < -0.3 is 15.5 Å². The Hall–Kier alpha value is -1.88. The number of rotatable bonds is 3. The SMILES string of the molecule is CC1(N)CCCCC1C(=O)NCc1cn2ccccc2n1. The number of carbonyl (C=O) groups excluding carboxylic acids is 1. The molecule has 3 N–H and O–H groups in total. The molecule has 0 saturated heterocycles. The first-order chi connectivity index (χ1) is 10.1. The molecule has 2 atom stereocenters. The van der Waals surface area contributed by atoms with Crippen molar-refractivity contribution < 1.29 is 4.79 Å². The van der Waals surface area contributed by atoms with Crippen LogP contribution in [-0.2, 0) is 11.3 Å². The lowest BCUT2D eigenvalue weighted by Gasteiger charge is -2.37. The third kappa shape index (κ3) is 2.93. The van der Waals surface area contributed by atoms with E-state index in [1.807, 2.05) is 41.9 Å². The average Bonchev–Trinajstić information content (AvgIpc) is 2.87. The molecule has 5 heteroatoms. The summed E-state index contributed by atoms with van der Waals surface area (Å²) in [5.74, 6) is -0.0416. The van der Waals surface area contributed by atoms with E-state index in [0.717, 1.165) is 37.0 Å². The van der Waals surface area contributed by atoms with Crippen LogP contribution in [0.15, 0.2) is 30.6 Å². The fourth-order valence-electron chi connectivity index (χ4n) is 3.16. The summed E-state index contributed by atoms with van der Waals surface area (Å²) in [6.07, 6.45) is 7.88. The molecular weight excluding hydrogens is 264 g/mol. The number of carbonyl (C=O) groups is 1. The summed E-state index contributed by atoms with van der Waals surface area (Å²) in [6, 6.07) is 5.86. The number of hydrogen-bond donors (Lipinski definition) is 2. The first-order valence-electron chi connectivity index (χ1n) is 7.55.